The molecule has 1 saturated heterocycles. The lowest BCUT2D eigenvalue weighted by Gasteiger charge is -2.35. The van der Waals surface area contributed by atoms with Crippen molar-refractivity contribution in [1.82, 2.24) is 25.3 Å². The van der Waals surface area contributed by atoms with E-state index in [9.17, 15) is 33.0 Å². The van der Waals surface area contributed by atoms with Gasteiger partial charge in [0.2, 0.25) is 17.7 Å². The highest BCUT2D eigenvalue weighted by molar-refractivity contribution is 7.93. The highest BCUT2D eigenvalue weighted by Crippen LogP contribution is 2.36. The monoisotopic (exact) mass is 729 g/mol. The highest BCUT2D eigenvalue weighted by Gasteiger charge is 2.46. The minimum Gasteiger partial charge on any atom is -0.390 e. The number of carbonyl (C=O) groups excluding carboxylic acids is 3. The van der Waals surface area contributed by atoms with E-state index in [1.807, 2.05) is 6.07 Å². The predicted molar refractivity (Wildman–Crippen MR) is 191 cm³/mol. The molecule has 2 aromatic rings. The van der Waals surface area contributed by atoms with Gasteiger partial charge in [-0.2, -0.15) is 5.10 Å². The van der Waals surface area contributed by atoms with Crippen LogP contribution in [0.15, 0.2) is 48.8 Å². The van der Waals surface area contributed by atoms with E-state index in [1.54, 1.807) is 42.7 Å². The maximum absolute atomic E-state index is 14.2. The van der Waals surface area contributed by atoms with Crippen molar-refractivity contribution >= 4 is 27.6 Å². The SMILES string of the molecule is CC(C)(C(=O)N1CCOCC1)S(=O)(=O)C[C@@H](Cc1ccccc1)C(=O)N[C@@H](Cn1cccn1)C(=O)N[C@@H](CC1CCCCC1)[C@@H](O)[C@@H](O)C1CC1. The molecule has 14 heteroatoms. The standard InChI is InChI=1S/C37H55N5O8S/c1-37(2,36(47)41-18-20-50-21-19-41)51(48,49)25-29(22-26-10-5-3-6-11-26)34(45)40-31(24-42-17-9-16-38-42)35(46)39-30(23-27-12-7-4-8-13-27)33(44)32(43)28-14-15-28/h3,5-6,9-11,16-17,27-33,43-44H,4,7-8,12-15,18-25H2,1-2H3,(H,39,46)(H,40,45)/t29-,30+,31+,32+,33-/m1/s1. The minimum absolute atomic E-state index is 0.00888. The van der Waals surface area contributed by atoms with Gasteiger partial charge in [0.15, 0.2) is 9.84 Å². The molecule has 13 nitrogen and oxygen atoms in total. The molecule has 5 rings (SSSR count). The molecule has 0 radical (unpaired) electrons. The number of aromatic nitrogens is 2. The molecule has 1 aromatic heterocycles. The van der Waals surface area contributed by atoms with Gasteiger partial charge in [-0.05, 0) is 63.0 Å². The van der Waals surface area contributed by atoms with Crippen LogP contribution in [0.25, 0.3) is 0 Å². The zero-order chi connectivity index (χ0) is 36.6. The summed E-state index contributed by atoms with van der Waals surface area (Å²) in [5.41, 5.74) is 0.725. The van der Waals surface area contributed by atoms with Crippen LogP contribution < -0.4 is 10.6 Å². The third kappa shape index (κ3) is 10.4. The molecule has 282 valence electrons. The molecule has 0 bridgehead atoms. The fourth-order valence-electron chi connectivity index (χ4n) is 7.26. The van der Waals surface area contributed by atoms with Gasteiger partial charge in [-0.15, -0.1) is 0 Å². The van der Waals surface area contributed by atoms with Crippen LogP contribution >= 0.6 is 0 Å². The van der Waals surface area contributed by atoms with Gasteiger partial charge in [0.25, 0.3) is 0 Å². The summed E-state index contributed by atoms with van der Waals surface area (Å²) < 4.78 is 33.1. The van der Waals surface area contributed by atoms with Crippen molar-refractivity contribution in [3.8, 4) is 0 Å². The van der Waals surface area contributed by atoms with Gasteiger partial charge in [0.05, 0.1) is 43.6 Å². The average molecular weight is 730 g/mol. The first-order chi connectivity index (χ1) is 24.4. The maximum atomic E-state index is 14.2. The number of nitrogens with zero attached hydrogens (tertiary/aromatic N) is 3. The molecular formula is C37H55N5O8S. The van der Waals surface area contributed by atoms with Crippen molar-refractivity contribution < 1.29 is 37.8 Å². The largest absolute Gasteiger partial charge is 0.390 e. The second-order valence-corrected chi connectivity index (χ2v) is 17.6. The molecule has 2 aliphatic carbocycles. The lowest BCUT2D eigenvalue weighted by Crippen LogP contribution is -2.58. The van der Waals surface area contributed by atoms with E-state index in [1.165, 1.54) is 23.4 Å². The Morgan fingerprint density at radius 1 is 0.961 bits per heavy atom. The van der Waals surface area contributed by atoms with Gasteiger partial charge in [-0.3, -0.25) is 19.1 Å². The summed E-state index contributed by atoms with van der Waals surface area (Å²) in [6.07, 6.45) is 8.52. The topological polar surface area (TPSA) is 180 Å². The highest BCUT2D eigenvalue weighted by atomic mass is 32.2. The first kappa shape index (κ1) is 38.9. The van der Waals surface area contributed by atoms with Crippen LogP contribution in [0.2, 0.25) is 0 Å². The Morgan fingerprint density at radius 2 is 1.65 bits per heavy atom. The van der Waals surface area contributed by atoms with Crippen LogP contribution in [0.1, 0.15) is 70.8 Å². The molecule has 2 heterocycles. The predicted octanol–water partition coefficient (Wildman–Crippen LogP) is 1.87. The molecule has 3 fully saturated rings. The Kier molecular flexibility index (Phi) is 13.3. The molecule has 51 heavy (non-hydrogen) atoms. The number of aliphatic hydroxyl groups is 2. The van der Waals surface area contributed by atoms with Crippen molar-refractivity contribution in [2.24, 2.45) is 17.8 Å². The number of amides is 3. The quantitative estimate of drug-likeness (QED) is 0.189. The van der Waals surface area contributed by atoms with E-state index >= 15 is 0 Å². The first-order valence-electron chi connectivity index (χ1n) is 18.4. The minimum atomic E-state index is -4.21. The smallest absolute Gasteiger partial charge is 0.244 e. The van der Waals surface area contributed by atoms with Crippen molar-refractivity contribution in [1.29, 1.82) is 0 Å². The zero-order valence-electron chi connectivity index (χ0n) is 29.9. The van der Waals surface area contributed by atoms with Gasteiger partial charge >= 0.3 is 0 Å². The van der Waals surface area contributed by atoms with E-state index in [4.69, 9.17) is 4.74 Å². The van der Waals surface area contributed by atoms with E-state index < -0.39 is 68.3 Å². The molecule has 1 aromatic carbocycles. The van der Waals surface area contributed by atoms with Gasteiger partial charge in [-0.25, -0.2) is 8.42 Å². The summed E-state index contributed by atoms with van der Waals surface area (Å²) in [4.78, 5) is 43.3. The first-order valence-corrected chi connectivity index (χ1v) is 20.1. The molecular weight excluding hydrogens is 675 g/mol. The second-order valence-electron chi connectivity index (χ2n) is 15.0. The molecule has 3 aliphatic rings. The van der Waals surface area contributed by atoms with E-state index in [0.717, 1.165) is 50.5 Å². The van der Waals surface area contributed by atoms with Gasteiger partial charge in [0.1, 0.15) is 16.9 Å². The summed E-state index contributed by atoms with van der Waals surface area (Å²) in [6, 6.07) is 8.79. The summed E-state index contributed by atoms with van der Waals surface area (Å²) >= 11 is 0. The Labute approximate surface area is 301 Å². The van der Waals surface area contributed by atoms with Gasteiger partial charge in [0, 0.05) is 25.5 Å². The zero-order valence-corrected chi connectivity index (χ0v) is 30.7. The molecule has 5 atom stereocenters. The van der Waals surface area contributed by atoms with E-state index in [0.29, 0.717) is 19.6 Å². The average Bonchev–Trinajstić information content (AvgIpc) is 3.86. The normalized spacial score (nSPS) is 20.5. The van der Waals surface area contributed by atoms with Crippen LogP contribution in [0.4, 0.5) is 0 Å². The van der Waals surface area contributed by atoms with Crippen molar-refractivity contribution in [2.75, 3.05) is 32.1 Å². The van der Waals surface area contributed by atoms with Crippen LogP contribution in [0.5, 0.6) is 0 Å². The second kappa shape index (κ2) is 17.5. The fourth-order valence-corrected chi connectivity index (χ4v) is 8.87. The van der Waals surface area contributed by atoms with Crippen molar-refractivity contribution in [2.45, 2.75) is 107 Å². The third-order valence-electron chi connectivity index (χ3n) is 10.8. The number of hydrogen-bond donors (Lipinski definition) is 4. The number of aliphatic hydroxyl groups excluding tert-OH is 2. The number of rotatable bonds is 17. The molecule has 1 aliphatic heterocycles. The molecule has 2 saturated carbocycles. The molecule has 4 N–H and O–H groups in total. The van der Waals surface area contributed by atoms with E-state index in [-0.39, 0.29) is 37.9 Å². The Bertz CT molecular complexity index is 1540. The van der Waals surface area contributed by atoms with Crippen LogP contribution in [0.3, 0.4) is 0 Å². The van der Waals surface area contributed by atoms with Crippen LogP contribution in [0, 0.1) is 17.8 Å². The number of benzene rings is 1. The fraction of sp³-hybridized carbons (Fsp3) is 0.676. The number of ether oxygens (including phenoxy) is 1. The van der Waals surface area contributed by atoms with Gasteiger partial charge < -0.3 is 30.5 Å². The Hall–Kier alpha value is -3.33. The van der Waals surface area contributed by atoms with Gasteiger partial charge in [-0.1, -0.05) is 62.4 Å². The number of carbonyl (C=O) groups is 3. The molecule has 0 spiro atoms. The Morgan fingerprint density at radius 3 is 2.27 bits per heavy atom. The maximum Gasteiger partial charge on any atom is 0.244 e. The molecule has 0 unspecified atom stereocenters. The van der Waals surface area contributed by atoms with Crippen LogP contribution in [-0.2, 0) is 41.9 Å². The van der Waals surface area contributed by atoms with E-state index in [2.05, 4.69) is 15.7 Å². The number of nitrogens with one attached hydrogen (secondary N) is 2. The number of sulfone groups is 1. The molecule has 3 amide bonds. The third-order valence-corrected chi connectivity index (χ3v) is 13.3. The Balaban J connectivity index is 1.38. The lowest BCUT2D eigenvalue weighted by atomic mass is 9.82. The van der Waals surface area contributed by atoms with Crippen molar-refractivity contribution in [3.63, 3.8) is 0 Å². The number of morpholine rings is 1. The van der Waals surface area contributed by atoms with Crippen LogP contribution in [-0.4, -0.2) is 112 Å². The van der Waals surface area contributed by atoms with Crippen molar-refractivity contribution in [3.05, 3.63) is 54.4 Å². The summed E-state index contributed by atoms with van der Waals surface area (Å²) in [7, 11) is -4.21. The summed E-state index contributed by atoms with van der Waals surface area (Å²) in [6.45, 7) is 3.90. The summed E-state index contributed by atoms with van der Waals surface area (Å²) in [5, 5.41) is 32.2. The number of hydrogen-bond acceptors (Lipinski definition) is 9. The summed E-state index contributed by atoms with van der Waals surface area (Å²) in [5.74, 6) is -3.25. The lowest BCUT2D eigenvalue weighted by molar-refractivity contribution is -0.137.